The number of amides is 1. The highest BCUT2D eigenvalue weighted by molar-refractivity contribution is 7.99. The van der Waals surface area contributed by atoms with Gasteiger partial charge in [-0.05, 0) is 55.3 Å². The van der Waals surface area contributed by atoms with E-state index in [0.29, 0.717) is 31.9 Å². The van der Waals surface area contributed by atoms with Gasteiger partial charge in [-0.25, -0.2) is 9.97 Å². The lowest BCUT2D eigenvalue weighted by Gasteiger charge is -2.14. The van der Waals surface area contributed by atoms with E-state index in [1.807, 2.05) is 67.8 Å². The van der Waals surface area contributed by atoms with Gasteiger partial charge >= 0.3 is 0 Å². The van der Waals surface area contributed by atoms with E-state index in [0.717, 1.165) is 22.4 Å². The van der Waals surface area contributed by atoms with Crippen LogP contribution in [0.4, 0.5) is 5.13 Å². The van der Waals surface area contributed by atoms with Crippen LogP contribution in [-0.2, 0) is 4.79 Å². The van der Waals surface area contributed by atoms with E-state index in [2.05, 4.69) is 10.3 Å². The summed E-state index contributed by atoms with van der Waals surface area (Å²) in [7, 11) is 0. The minimum absolute atomic E-state index is 0.0661. The molecule has 1 amide bonds. The summed E-state index contributed by atoms with van der Waals surface area (Å²) in [5.74, 6) is -0.175. The van der Waals surface area contributed by atoms with Gasteiger partial charge in [-0.1, -0.05) is 59.8 Å². The molecule has 0 aliphatic rings. The molecule has 1 N–H and O–H groups in total. The van der Waals surface area contributed by atoms with Gasteiger partial charge in [-0.2, -0.15) is 0 Å². The highest BCUT2D eigenvalue weighted by Crippen LogP contribution is 2.30. The molecule has 0 radical (unpaired) electrons. The summed E-state index contributed by atoms with van der Waals surface area (Å²) < 4.78 is 1.58. The lowest BCUT2D eigenvalue weighted by molar-refractivity contribution is -0.113. The molecule has 5 rings (SSSR count). The smallest absolute Gasteiger partial charge is 0.266 e. The van der Waals surface area contributed by atoms with Crippen molar-refractivity contribution in [1.29, 1.82) is 0 Å². The third kappa shape index (κ3) is 5.06. The fourth-order valence-corrected chi connectivity index (χ4v) is 5.70. The van der Waals surface area contributed by atoms with Crippen molar-refractivity contribution >= 4 is 56.6 Å². The number of benzene rings is 3. The number of thiazole rings is 1. The van der Waals surface area contributed by atoms with Crippen molar-refractivity contribution in [2.75, 3.05) is 11.1 Å². The predicted octanol–water partition coefficient (Wildman–Crippen LogP) is 6.51. The van der Waals surface area contributed by atoms with Gasteiger partial charge in [-0.15, -0.1) is 11.3 Å². The van der Waals surface area contributed by atoms with Crippen molar-refractivity contribution in [2.24, 2.45) is 0 Å². The van der Waals surface area contributed by atoms with Crippen LogP contribution < -0.4 is 10.9 Å². The van der Waals surface area contributed by atoms with Crippen molar-refractivity contribution in [3.05, 3.63) is 98.6 Å². The molecule has 0 fully saturated rings. The van der Waals surface area contributed by atoms with E-state index >= 15 is 0 Å². The van der Waals surface area contributed by atoms with E-state index in [-0.39, 0.29) is 17.2 Å². The summed E-state index contributed by atoms with van der Waals surface area (Å²) in [4.78, 5) is 35.5. The average Bonchev–Trinajstić information content (AvgIpc) is 3.30. The van der Waals surface area contributed by atoms with Gasteiger partial charge < -0.3 is 5.32 Å². The van der Waals surface area contributed by atoms with Crippen LogP contribution >= 0.6 is 34.7 Å². The molecule has 3 aromatic carbocycles. The molecule has 0 aliphatic carbocycles. The van der Waals surface area contributed by atoms with E-state index in [1.54, 1.807) is 22.8 Å². The van der Waals surface area contributed by atoms with Gasteiger partial charge in [0.2, 0.25) is 5.91 Å². The lowest BCUT2D eigenvalue weighted by atomic mass is 10.1. The van der Waals surface area contributed by atoms with E-state index in [1.165, 1.54) is 23.1 Å². The normalized spacial score (nSPS) is 11.1. The van der Waals surface area contributed by atoms with E-state index in [4.69, 9.17) is 16.6 Å². The first-order chi connectivity index (χ1) is 17.4. The molecular weight excluding hydrogens is 512 g/mol. The number of aryl methyl sites for hydroxylation is 2. The average molecular weight is 533 g/mol. The van der Waals surface area contributed by atoms with E-state index < -0.39 is 0 Å². The Morgan fingerprint density at radius 2 is 1.75 bits per heavy atom. The fourth-order valence-electron chi connectivity index (χ4n) is 3.93. The molecule has 0 atom stereocenters. The number of thioether (sulfide) groups is 1. The van der Waals surface area contributed by atoms with Crippen LogP contribution in [0.2, 0.25) is 5.02 Å². The molecule has 0 saturated heterocycles. The van der Waals surface area contributed by atoms with Gasteiger partial charge in [0.05, 0.1) is 28.0 Å². The SMILES string of the molecule is Cc1cc(C)cc(-n2c(SCC(=O)Nc3nc(-c4ccccc4Cl)cs3)nc3ccccc3c2=O)c1. The Kier molecular flexibility index (Phi) is 6.91. The number of aromatic nitrogens is 3. The number of para-hydroxylation sites is 1. The number of carbonyl (C=O) groups is 1. The maximum Gasteiger partial charge on any atom is 0.266 e. The molecule has 0 spiro atoms. The Hall–Kier alpha value is -3.46. The number of nitrogens with one attached hydrogen (secondary N) is 1. The topological polar surface area (TPSA) is 76.9 Å². The largest absolute Gasteiger partial charge is 0.301 e. The zero-order valence-corrected chi connectivity index (χ0v) is 21.9. The molecule has 0 aliphatic heterocycles. The van der Waals surface area contributed by atoms with E-state index in [9.17, 15) is 9.59 Å². The lowest BCUT2D eigenvalue weighted by Crippen LogP contribution is -2.23. The number of rotatable bonds is 6. The van der Waals surface area contributed by atoms with Gasteiger partial charge in [0, 0.05) is 16.0 Å². The Labute approximate surface area is 221 Å². The first-order valence-electron chi connectivity index (χ1n) is 11.1. The summed E-state index contributed by atoms with van der Waals surface area (Å²) in [6, 6.07) is 20.6. The third-order valence-corrected chi connectivity index (χ3v) is 7.47. The molecular formula is C27H21ClN4O2S2. The van der Waals surface area contributed by atoms with Crippen molar-refractivity contribution in [2.45, 2.75) is 19.0 Å². The molecule has 2 aromatic heterocycles. The second-order valence-corrected chi connectivity index (χ2v) is 10.5. The fraction of sp³-hybridized carbons (Fsp3) is 0.111. The number of hydrogen-bond acceptors (Lipinski definition) is 6. The summed E-state index contributed by atoms with van der Waals surface area (Å²) in [5.41, 5.74) is 4.74. The molecule has 180 valence electrons. The number of anilines is 1. The van der Waals surface area contributed by atoms with Crippen LogP contribution in [0.15, 0.2) is 82.1 Å². The number of hydrogen-bond donors (Lipinski definition) is 1. The molecule has 0 unspecified atom stereocenters. The minimum atomic E-state index is -0.241. The highest BCUT2D eigenvalue weighted by atomic mass is 35.5. The Morgan fingerprint density at radius 1 is 1.03 bits per heavy atom. The van der Waals surface area contributed by atoms with Crippen LogP contribution in [-0.4, -0.2) is 26.2 Å². The zero-order valence-electron chi connectivity index (χ0n) is 19.5. The number of nitrogens with zero attached hydrogens (tertiary/aromatic N) is 3. The maximum atomic E-state index is 13.5. The van der Waals surface area contributed by atoms with Gasteiger partial charge in [0.25, 0.3) is 5.56 Å². The Bertz CT molecular complexity index is 1640. The summed E-state index contributed by atoms with van der Waals surface area (Å²) in [5, 5.41) is 6.76. The second kappa shape index (κ2) is 10.3. The minimum Gasteiger partial charge on any atom is -0.301 e. The van der Waals surface area contributed by atoms with Gasteiger partial charge in [-0.3, -0.25) is 14.2 Å². The highest BCUT2D eigenvalue weighted by Gasteiger charge is 2.16. The summed E-state index contributed by atoms with van der Waals surface area (Å²) >= 11 is 8.81. The van der Waals surface area contributed by atoms with Gasteiger partial charge in [0.1, 0.15) is 0 Å². The first kappa shape index (κ1) is 24.2. The van der Waals surface area contributed by atoms with Gasteiger partial charge in [0.15, 0.2) is 10.3 Å². The quantitative estimate of drug-likeness (QED) is 0.199. The van der Waals surface area contributed by atoms with Crippen LogP contribution in [0.25, 0.3) is 27.8 Å². The Morgan fingerprint density at radius 3 is 2.53 bits per heavy atom. The number of carbonyl (C=O) groups excluding carboxylic acids is 1. The molecule has 0 bridgehead atoms. The van der Waals surface area contributed by atoms with Crippen LogP contribution in [0, 0.1) is 13.8 Å². The predicted molar refractivity (Wildman–Crippen MR) is 149 cm³/mol. The third-order valence-electron chi connectivity index (χ3n) is 5.44. The van der Waals surface area contributed by atoms with Crippen molar-refractivity contribution < 1.29 is 4.79 Å². The summed E-state index contributed by atoms with van der Waals surface area (Å²) in [6.07, 6.45) is 0. The number of halogens is 1. The van der Waals surface area contributed by atoms with Crippen molar-refractivity contribution in [3.8, 4) is 16.9 Å². The molecule has 6 nitrogen and oxygen atoms in total. The van der Waals surface area contributed by atoms with Crippen molar-refractivity contribution in [3.63, 3.8) is 0 Å². The standard InChI is InChI=1S/C27H21ClN4O2S2/c1-16-11-17(2)13-18(12-16)32-25(34)20-8-4-6-10-22(20)30-27(32)36-15-24(33)31-26-29-23(14-35-26)19-7-3-5-9-21(19)28/h3-14H,15H2,1-2H3,(H,29,31,33). The monoisotopic (exact) mass is 532 g/mol. The van der Waals surface area contributed by atoms with Crippen LogP contribution in [0.1, 0.15) is 11.1 Å². The first-order valence-corrected chi connectivity index (χ1v) is 13.4. The number of fused-ring (bicyclic) bond motifs is 1. The molecule has 0 saturated carbocycles. The molecule has 36 heavy (non-hydrogen) atoms. The maximum absolute atomic E-state index is 13.5. The van der Waals surface area contributed by atoms with Crippen LogP contribution in [0.3, 0.4) is 0 Å². The Balaban J connectivity index is 1.41. The molecule has 5 aromatic rings. The van der Waals surface area contributed by atoms with Crippen molar-refractivity contribution in [1.82, 2.24) is 14.5 Å². The molecule has 9 heteroatoms. The molecule has 2 heterocycles. The second-order valence-electron chi connectivity index (χ2n) is 8.25. The van der Waals surface area contributed by atoms with Crippen LogP contribution in [0.5, 0.6) is 0 Å². The summed E-state index contributed by atoms with van der Waals surface area (Å²) in [6.45, 7) is 3.97. The zero-order chi connectivity index (χ0) is 25.2.